The predicted octanol–water partition coefficient (Wildman–Crippen LogP) is 1.50. The van der Waals surface area contributed by atoms with Gasteiger partial charge in [-0.15, -0.1) is 11.3 Å². The van der Waals surface area contributed by atoms with Crippen LogP contribution in [0.4, 0.5) is 0 Å². The van der Waals surface area contributed by atoms with E-state index >= 15 is 0 Å². The van der Waals surface area contributed by atoms with Gasteiger partial charge < -0.3 is 5.32 Å². The number of piperazine rings is 1. The van der Waals surface area contributed by atoms with Crippen molar-refractivity contribution in [3.8, 4) is 0 Å². The van der Waals surface area contributed by atoms with E-state index in [4.69, 9.17) is 0 Å². The van der Waals surface area contributed by atoms with Crippen molar-refractivity contribution in [2.45, 2.75) is 32.9 Å². The van der Waals surface area contributed by atoms with Gasteiger partial charge in [0.1, 0.15) is 5.01 Å². The van der Waals surface area contributed by atoms with Crippen LogP contribution in [0, 0.1) is 0 Å². The summed E-state index contributed by atoms with van der Waals surface area (Å²) in [5, 5.41) is 4.72. The number of nitrogens with one attached hydrogen (secondary N) is 1. The molecule has 4 heteroatoms. The van der Waals surface area contributed by atoms with E-state index in [1.54, 1.807) is 0 Å². The summed E-state index contributed by atoms with van der Waals surface area (Å²) in [5.41, 5.74) is 0. The zero-order valence-corrected chi connectivity index (χ0v) is 10.3. The third-order valence-electron chi connectivity index (χ3n) is 2.76. The zero-order valence-electron chi connectivity index (χ0n) is 9.49. The molecule has 0 spiro atoms. The Hall–Kier alpha value is -0.450. The van der Waals surface area contributed by atoms with Crippen molar-refractivity contribution in [1.29, 1.82) is 0 Å². The fourth-order valence-electron chi connectivity index (χ4n) is 1.93. The Morgan fingerprint density at radius 1 is 1.67 bits per heavy atom. The van der Waals surface area contributed by atoms with Crippen molar-refractivity contribution in [2.75, 3.05) is 19.6 Å². The molecule has 2 heterocycles. The molecule has 15 heavy (non-hydrogen) atoms. The van der Waals surface area contributed by atoms with Crippen LogP contribution in [-0.2, 0) is 13.0 Å². The van der Waals surface area contributed by atoms with Gasteiger partial charge in [0, 0.05) is 36.8 Å². The van der Waals surface area contributed by atoms with Crippen LogP contribution in [0.15, 0.2) is 6.20 Å². The average molecular weight is 225 g/mol. The largest absolute Gasteiger partial charge is 0.312 e. The third-order valence-corrected chi connectivity index (χ3v) is 3.89. The molecular weight excluding hydrogens is 206 g/mol. The lowest BCUT2D eigenvalue weighted by atomic mass is 10.2. The van der Waals surface area contributed by atoms with Gasteiger partial charge in [0.25, 0.3) is 0 Å². The van der Waals surface area contributed by atoms with Crippen LogP contribution in [0.2, 0.25) is 0 Å². The van der Waals surface area contributed by atoms with Gasteiger partial charge in [0.2, 0.25) is 0 Å². The van der Waals surface area contributed by atoms with Crippen LogP contribution >= 0.6 is 11.3 Å². The fourth-order valence-corrected chi connectivity index (χ4v) is 2.84. The fraction of sp³-hybridized carbons (Fsp3) is 0.727. The molecule has 1 aliphatic heterocycles. The first kappa shape index (κ1) is 11.0. The van der Waals surface area contributed by atoms with Gasteiger partial charge in [0.15, 0.2) is 0 Å². The lowest BCUT2D eigenvalue weighted by Crippen LogP contribution is -2.48. The number of nitrogens with zero attached hydrogens (tertiary/aromatic N) is 2. The molecule has 0 aromatic carbocycles. The summed E-state index contributed by atoms with van der Waals surface area (Å²) in [6.07, 6.45) is 3.13. The molecule has 0 amide bonds. The van der Waals surface area contributed by atoms with E-state index in [1.807, 2.05) is 17.5 Å². The van der Waals surface area contributed by atoms with Crippen LogP contribution in [-0.4, -0.2) is 35.6 Å². The number of hydrogen-bond donors (Lipinski definition) is 1. The summed E-state index contributed by atoms with van der Waals surface area (Å²) in [6.45, 7) is 8.84. The van der Waals surface area contributed by atoms with E-state index in [0.29, 0.717) is 6.04 Å². The maximum absolute atomic E-state index is 4.46. The first-order valence-electron chi connectivity index (χ1n) is 5.67. The van der Waals surface area contributed by atoms with E-state index in [1.165, 1.54) is 9.88 Å². The highest BCUT2D eigenvalue weighted by Gasteiger charge is 2.16. The first-order valence-corrected chi connectivity index (χ1v) is 6.49. The number of aromatic nitrogens is 1. The van der Waals surface area contributed by atoms with Crippen LogP contribution in [0.3, 0.4) is 0 Å². The molecule has 3 nitrogen and oxygen atoms in total. The molecule has 0 unspecified atom stereocenters. The van der Waals surface area contributed by atoms with E-state index in [2.05, 4.69) is 29.0 Å². The summed E-state index contributed by atoms with van der Waals surface area (Å²) in [7, 11) is 0. The minimum atomic E-state index is 0.615. The van der Waals surface area contributed by atoms with E-state index < -0.39 is 0 Å². The van der Waals surface area contributed by atoms with Crippen molar-refractivity contribution >= 4 is 11.3 Å². The minimum Gasteiger partial charge on any atom is -0.312 e. The Labute approximate surface area is 95.5 Å². The lowest BCUT2D eigenvalue weighted by Gasteiger charge is -2.31. The zero-order chi connectivity index (χ0) is 10.7. The quantitative estimate of drug-likeness (QED) is 0.845. The Kier molecular flexibility index (Phi) is 3.72. The highest BCUT2D eigenvalue weighted by atomic mass is 32.1. The molecule has 0 saturated carbocycles. The molecule has 1 fully saturated rings. The standard InChI is InChI=1S/C11H19N3S/c1-3-10-6-13-11(15-10)8-14-5-4-12-9(2)7-14/h6,9,12H,3-5,7-8H2,1-2H3/t9-/m1/s1. The van der Waals surface area contributed by atoms with Crippen molar-refractivity contribution in [1.82, 2.24) is 15.2 Å². The summed E-state index contributed by atoms with van der Waals surface area (Å²) in [5.74, 6) is 0. The Balaban J connectivity index is 1.90. The molecule has 0 aliphatic carbocycles. The third kappa shape index (κ3) is 3.00. The number of thiazole rings is 1. The van der Waals surface area contributed by atoms with Gasteiger partial charge in [-0.3, -0.25) is 4.90 Å². The molecule has 1 N–H and O–H groups in total. The smallest absolute Gasteiger partial charge is 0.107 e. The topological polar surface area (TPSA) is 28.2 Å². The molecule has 0 radical (unpaired) electrons. The van der Waals surface area contributed by atoms with Gasteiger partial charge in [-0.05, 0) is 13.3 Å². The minimum absolute atomic E-state index is 0.615. The molecule has 0 bridgehead atoms. The molecule has 1 aromatic heterocycles. The Bertz CT molecular complexity index is 311. The normalized spacial score (nSPS) is 23.2. The second-order valence-corrected chi connectivity index (χ2v) is 5.36. The van der Waals surface area contributed by atoms with Gasteiger partial charge >= 0.3 is 0 Å². The SMILES string of the molecule is CCc1cnc(CN2CCN[C@H](C)C2)s1. The van der Waals surface area contributed by atoms with Gasteiger partial charge in [-0.1, -0.05) is 6.92 Å². The van der Waals surface area contributed by atoms with E-state index in [-0.39, 0.29) is 0 Å². The Morgan fingerprint density at radius 3 is 3.20 bits per heavy atom. The van der Waals surface area contributed by atoms with E-state index in [9.17, 15) is 0 Å². The number of aryl methyl sites for hydroxylation is 1. The number of hydrogen-bond acceptors (Lipinski definition) is 4. The second-order valence-electron chi connectivity index (χ2n) is 4.16. The summed E-state index contributed by atoms with van der Waals surface area (Å²) in [4.78, 5) is 8.34. The van der Waals surface area contributed by atoms with Crippen molar-refractivity contribution in [3.63, 3.8) is 0 Å². The van der Waals surface area contributed by atoms with Gasteiger partial charge in [-0.2, -0.15) is 0 Å². The molecule has 1 aromatic rings. The van der Waals surface area contributed by atoms with Gasteiger partial charge in [-0.25, -0.2) is 4.98 Å². The van der Waals surface area contributed by atoms with E-state index in [0.717, 1.165) is 32.6 Å². The number of rotatable bonds is 3. The monoisotopic (exact) mass is 225 g/mol. The van der Waals surface area contributed by atoms with Crippen LogP contribution in [0.25, 0.3) is 0 Å². The van der Waals surface area contributed by atoms with Crippen molar-refractivity contribution < 1.29 is 0 Å². The first-order chi connectivity index (χ1) is 7.28. The molecule has 1 aliphatic rings. The van der Waals surface area contributed by atoms with Gasteiger partial charge in [0.05, 0.1) is 6.54 Å². The molecule has 2 rings (SSSR count). The maximum Gasteiger partial charge on any atom is 0.107 e. The molecule has 84 valence electrons. The van der Waals surface area contributed by atoms with Crippen molar-refractivity contribution in [2.24, 2.45) is 0 Å². The second kappa shape index (κ2) is 5.05. The lowest BCUT2D eigenvalue weighted by molar-refractivity contribution is 0.199. The molecular formula is C11H19N3S. The highest BCUT2D eigenvalue weighted by molar-refractivity contribution is 7.11. The summed E-state index contributed by atoms with van der Waals surface area (Å²) >= 11 is 1.85. The molecule has 1 atom stereocenters. The average Bonchev–Trinajstić information content (AvgIpc) is 2.65. The van der Waals surface area contributed by atoms with Crippen LogP contribution in [0.5, 0.6) is 0 Å². The Morgan fingerprint density at radius 2 is 2.53 bits per heavy atom. The van der Waals surface area contributed by atoms with Crippen molar-refractivity contribution in [3.05, 3.63) is 16.1 Å². The van der Waals surface area contributed by atoms with Crippen LogP contribution < -0.4 is 5.32 Å². The predicted molar refractivity (Wildman–Crippen MR) is 64.2 cm³/mol. The summed E-state index contributed by atoms with van der Waals surface area (Å²) in [6, 6.07) is 0.615. The molecule has 1 saturated heterocycles. The highest BCUT2D eigenvalue weighted by Crippen LogP contribution is 2.15. The van der Waals surface area contributed by atoms with Crippen LogP contribution in [0.1, 0.15) is 23.7 Å². The summed E-state index contributed by atoms with van der Waals surface area (Å²) < 4.78 is 0. The maximum atomic E-state index is 4.46.